The van der Waals surface area contributed by atoms with Crippen LogP contribution >= 0.6 is 0 Å². The SMILES string of the molecule is Cc1nccc(CNC(=O)Cn2cc(CN)nn2)n1. The number of aromatic nitrogens is 5. The fourth-order valence-electron chi connectivity index (χ4n) is 1.51. The maximum absolute atomic E-state index is 11.7. The monoisotopic (exact) mass is 261 g/mol. The van der Waals surface area contributed by atoms with Crippen molar-refractivity contribution < 1.29 is 4.79 Å². The summed E-state index contributed by atoms with van der Waals surface area (Å²) in [6.45, 7) is 2.58. The second kappa shape index (κ2) is 6.01. The van der Waals surface area contributed by atoms with Crippen molar-refractivity contribution in [2.75, 3.05) is 0 Å². The first-order chi connectivity index (χ1) is 9.17. The highest BCUT2D eigenvalue weighted by molar-refractivity contribution is 5.75. The van der Waals surface area contributed by atoms with Gasteiger partial charge in [0.2, 0.25) is 5.91 Å². The van der Waals surface area contributed by atoms with Gasteiger partial charge in [0.05, 0.1) is 24.1 Å². The third kappa shape index (κ3) is 3.81. The van der Waals surface area contributed by atoms with Crippen molar-refractivity contribution in [3.63, 3.8) is 0 Å². The first-order valence-corrected chi connectivity index (χ1v) is 5.81. The van der Waals surface area contributed by atoms with E-state index in [1.807, 2.05) is 0 Å². The molecule has 0 spiro atoms. The molecule has 0 saturated heterocycles. The molecule has 1 amide bonds. The second-order valence-electron chi connectivity index (χ2n) is 3.98. The highest BCUT2D eigenvalue weighted by Crippen LogP contribution is 1.95. The van der Waals surface area contributed by atoms with Gasteiger partial charge in [-0.2, -0.15) is 0 Å². The van der Waals surface area contributed by atoms with Crippen molar-refractivity contribution in [1.82, 2.24) is 30.3 Å². The lowest BCUT2D eigenvalue weighted by Crippen LogP contribution is -2.27. The third-order valence-corrected chi connectivity index (χ3v) is 2.40. The molecule has 100 valence electrons. The Kier molecular flexibility index (Phi) is 4.14. The molecule has 0 unspecified atom stereocenters. The largest absolute Gasteiger partial charge is 0.349 e. The zero-order chi connectivity index (χ0) is 13.7. The highest BCUT2D eigenvalue weighted by Gasteiger charge is 2.05. The summed E-state index contributed by atoms with van der Waals surface area (Å²) in [6, 6.07) is 1.76. The molecular weight excluding hydrogens is 246 g/mol. The molecule has 2 heterocycles. The van der Waals surface area contributed by atoms with Gasteiger partial charge in [0, 0.05) is 12.7 Å². The van der Waals surface area contributed by atoms with E-state index in [0.29, 0.717) is 24.6 Å². The number of hydrogen-bond donors (Lipinski definition) is 2. The molecule has 0 fully saturated rings. The fourth-order valence-corrected chi connectivity index (χ4v) is 1.51. The maximum atomic E-state index is 11.7. The van der Waals surface area contributed by atoms with E-state index in [1.54, 1.807) is 25.4 Å². The number of nitrogens with two attached hydrogens (primary N) is 1. The predicted octanol–water partition coefficient (Wildman–Crippen LogP) is -0.848. The van der Waals surface area contributed by atoms with Crippen LogP contribution in [0.3, 0.4) is 0 Å². The summed E-state index contributed by atoms with van der Waals surface area (Å²) in [4.78, 5) is 19.9. The summed E-state index contributed by atoms with van der Waals surface area (Å²) in [5.74, 6) is 0.514. The van der Waals surface area contributed by atoms with Crippen LogP contribution in [-0.2, 0) is 24.4 Å². The van der Waals surface area contributed by atoms with Gasteiger partial charge < -0.3 is 11.1 Å². The molecule has 8 heteroatoms. The summed E-state index contributed by atoms with van der Waals surface area (Å²) < 4.78 is 1.45. The lowest BCUT2D eigenvalue weighted by molar-refractivity contribution is -0.122. The number of carbonyl (C=O) groups excluding carboxylic acids is 1. The molecule has 0 radical (unpaired) electrons. The molecule has 0 bridgehead atoms. The van der Waals surface area contributed by atoms with Gasteiger partial charge in [-0.15, -0.1) is 5.10 Å². The van der Waals surface area contributed by atoms with Crippen LogP contribution in [-0.4, -0.2) is 30.9 Å². The Balaban J connectivity index is 1.84. The molecule has 2 rings (SSSR count). The van der Waals surface area contributed by atoms with E-state index in [0.717, 1.165) is 5.69 Å². The maximum Gasteiger partial charge on any atom is 0.242 e. The summed E-state index contributed by atoms with van der Waals surface area (Å²) in [6.07, 6.45) is 3.31. The normalized spacial score (nSPS) is 10.4. The highest BCUT2D eigenvalue weighted by atomic mass is 16.2. The van der Waals surface area contributed by atoms with Crippen molar-refractivity contribution in [3.05, 3.63) is 35.7 Å². The van der Waals surface area contributed by atoms with Gasteiger partial charge in [0.1, 0.15) is 12.4 Å². The Hall–Kier alpha value is -2.35. The molecule has 0 saturated carbocycles. The molecule has 19 heavy (non-hydrogen) atoms. The average molecular weight is 261 g/mol. The summed E-state index contributed by atoms with van der Waals surface area (Å²) in [5.41, 5.74) is 6.83. The van der Waals surface area contributed by atoms with Gasteiger partial charge in [0.25, 0.3) is 0 Å². The van der Waals surface area contributed by atoms with E-state index < -0.39 is 0 Å². The van der Waals surface area contributed by atoms with Gasteiger partial charge >= 0.3 is 0 Å². The van der Waals surface area contributed by atoms with Gasteiger partial charge in [-0.05, 0) is 13.0 Å². The minimum atomic E-state index is -0.162. The molecule has 3 N–H and O–H groups in total. The quantitative estimate of drug-likeness (QED) is 0.725. The van der Waals surface area contributed by atoms with Gasteiger partial charge in [-0.1, -0.05) is 5.21 Å². The van der Waals surface area contributed by atoms with E-state index in [4.69, 9.17) is 5.73 Å². The van der Waals surface area contributed by atoms with Crippen LogP contribution in [0.5, 0.6) is 0 Å². The molecule has 0 aliphatic rings. The van der Waals surface area contributed by atoms with Gasteiger partial charge in [-0.3, -0.25) is 4.79 Å². The Morgan fingerprint density at radius 2 is 2.32 bits per heavy atom. The molecule has 0 aromatic carbocycles. The predicted molar refractivity (Wildman–Crippen MR) is 66.5 cm³/mol. The number of carbonyl (C=O) groups is 1. The van der Waals surface area contributed by atoms with E-state index in [9.17, 15) is 4.79 Å². The van der Waals surface area contributed by atoms with E-state index in [1.165, 1.54) is 4.68 Å². The second-order valence-corrected chi connectivity index (χ2v) is 3.98. The molecule has 2 aromatic rings. The number of amides is 1. The smallest absolute Gasteiger partial charge is 0.242 e. The molecule has 0 atom stereocenters. The molecule has 2 aromatic heterocycles. The number of nitrogens with one attached hydrogen (secondary N) is 1. The number of aryl methyl sites for hydroxylation is 1. The van der Waals surface area contributed by atoms with Crippen molar-refractivity contribution in [2.24, 2.45) is 5.73 Å². The van der Waals surface area contributed by atoms with Gasteiger partial charge in [0.15, 0.2) is 0 Å². The number of rotatable bonds is 5. The number of nitrogens with zero attached hydrogens (tertiary/aromatic N) is 5. The van der Waals surface area contributed by atoms with E-state index in [-0.39, 0.29) is 12.5 Å². The first-order valence-electron chi connectivity index (χ1n) is 5.81. The van der Waals surface area contributed by atoms with Crippen LogP contribution in [0, 0.1) is 6.92 Å². The lowest BCUT2D eigenvalue weighted by Gasteiger charge is -2.04. The third-order valence-electron chi connectivity index (χ3n) is 2.40. The molecule has 0 aliphatic carbocycles. The minimum Gasteiger partial charge on any atom is -0.349 e. The Labute approximate surface area is 110 Å². The van der Waals surface area contributed by atoms with Crippen LogP contribution in [0.1, 0.15) is 17.2 Å². The zero-order valence-electron chi connectivity index (χ0n) is 10.6. The standard InChI is InChI=1S/C11H15N7O/c1-8-13-3-2-9(15-8)5-14-11(19)7-18-6-10(4-12)16-17-18/h2-3,6H,4-5,7,12H2,1H3,(H,14,19). The molecule has 8 nitrogen and oxygen atoms in total. The number of hydrogen-bond acceptors (Lipinski definition) is 6. The fraction of sp³-hybridized carbons (Fsp3) is 0.364. The zero-order valence-corrected chi connectivity index (χ0v) is 10.6. The van der Waals surface area contributed by atoms with Crippen LogP contribution in [0.2, 0.25) is 0 Å². The van der Waals surface area contributed by atoms with E-state index >= 15 is 0 Å². The van der Waals surface area contributed by atoms with E-state index in [2.05, 4.69) is 25.6 Å². The van der Waals surface area contributed by atoms with Crippen molar-refractivity contribution in [3.8, 4) is 0 Å². The van der Waals surface area contributed by atoms with Crippen molar-refractivity contribution >= 4 is 5.91 Å². The summed E-state index contributed by atoms with van der Waals surface area (Å²) >= 11 is 0. The van der Waals surface area contributed by atoms with Crippen LogP contribution in [0.25, 0.3) is 0 Å². The average Bonchev–Trinajstić information content (AvgIpc) is 2.84. The molecule has 0 aliphatic heterocycles. The summed E-state index contributed by atoms with van der Waals surface area (Å²) in [5, 5.41) is 10.4. The molecular formula is C11H15N7O. The van der Waals surface area contributed by atoms with Crippen LogP contribution in [0.4, 0.5) is 0 Å². The Morgan fingerprint density at radius 1 is 1.47 bits per heavy atom. The minimum absolute atomic E-state index is 0.108. The van der Waals surface area contributed by atoms with Crippen LogP contribution in [0.15, 0.2) is 18.5 Å². The van der Waals surface area contributed by atoms with Crippen molar-refractivity contribution in [2.45, 2.75) is 26.6 Å². The van der Waals surface area contributed by atoms with Crippen LogP contribution < -0.4 is 11.1 Å². The first kappa shape index (κ1) is 13.1. The summed E-state index contributed by atoms with van der Waals surface area (Å²) in [7, 11) is 0. The van der Waals surface area contributed by atoms with Crippen molar-refractivity contribution in [1.29, 1.82) is 0 Å². The van der Waals surface area contributed by atoms with Gasteiger partial charge in [-0.25, -0.2) is 14.6 Å². The Bertz CT molecular complexity index is 566. The topological polar surface area (TPSA) is 112 Å². The Morgan fingerprint density at radius 3 is 3.00 bits per heavy atom. The lowest BCUT2D eigenvalue weighted by atomic mass is 10.4.